The minimum atomic E-state index is -4.57. The number of hydrogen-bond acceptors (Lipinski definition) is 1. The van der Waals surface area contributed by atoms with E-state index in [1.54, 1.807) is 37.3 Å². The summed E-state index contributed by atoms with van der Waals surface area (Å²) in [6.07, 6.45) is -4.57. The number of rotatable bonds is 3. The predicted octanol–water partition coefficient (Wildman–Crippen LogP) is 5.39. The highest BCUT2D eigenvalue weighted by molar-refractivity contribution is 5.83. The second-order valence-corrected chi connectivity index (χ2v) is 5.26. The molecule has 0 aliphatic carbocycles. The Morgan fingerprint density at radius 1 is 0.917 bits per heavy atom. The number of nitrogens with zero attached hydrogens (tertiary/aromatic N) is 2. The molecular weight excluding hydrogens is 320 g/mol. The Morgan fingerprint density at radius 2 is 1.54 bits per heavy atom. The molecule has 0 atom stereocenters. The van der Waals surface area contributed by atoms with Gasteiger partial charge in [-0.2, -0.15) is 18.3 Å². The van der Waals surface area contributed by atoms with E-state index in [0.29, 0.717) is 5.56 Å². The fourth-order valence-electron chi connectivity index (χ4n) is 2.67. The van der Waals surface area contributed by atoms with Gasteiger partial charge in [0.15, 0.2) is 5.69 Å². The van der Waals surface area contributed by atoms with Gasteiger partial charge in [-0.05, 0) is 24.6 Å². The molecule has 0 spiro atoms. The van der Waals surface area contributed by atoms with Crippen LogP contribution in [0, 0.1) is 5.82 Å². The van der Waals surface area contributed by atoms with E-state index in [9.17, 15) is 17.6 Å². The first-order valence-corrected chi connectivity index (χ1v) is 7.41. The lowest BCUT2D eigenvalue weighted by atomic mass is 9.98. The second-order valence-electron chi connectivity index (χ2n) is 5.26. The van der Waals surface area contributed by atoms with Gasteiger partial charge >= 0.3 is 6.18 Å². The first kappa shape index (κ1) is 16.2. The maximum Gasteiger partial charge on any atom is 0.433 e. The molecule has 3 aromatic rings. The van der Waals surface area contributed by atoms with Gasteiger partial charge in [0.25, 0.3) is 0 Å². The van der Waals surface area contributed by atoms with E-state index in [0.717, 1.165) is 16.8 Å². The summed E-state index contributed by atoms with van der Waals surface area (Å²) < 4.78 is 55.1. The average Bonchev–Trinajstić information content (AvgIpc) is 2.96. The van der Waals surface area contributed by atoms with Gasteiger partial charge in [0.2, 0.25) is 0 Å². The standard InChI is InChI=1S/C18H14F4N2/c1-2-24-17(18(20,21)22)15(12-8-10-14(19)11-9-12)16(23-24)13-6-4-3-5-7-13/h3-11H,2H2,1H3. The Hall–Kier alpha value is -2.63. The summed E-state index contributed by atoms with van der Waals surface area (Å²) in [7, 11) is 0. The summed E-state index contributed by atoms with van der Waals surface area (Å²) in [6.45, 7) is 1.68. The van der Waals surface area contributed by atoms with Crippen molar-refractivity contribution >= 4 is 0 Å². The van der Waals surface area contributed by atoms with Crippen LogP contribution in [0.3, 0.4) is 0 Å². The van der Waals surface area contributed by atoms with Crippen LogP contribution in [-0.2, 0) is 12.7 Å². The van der Waals surface area contributed by atoms with Crippen molar-refractivity contribution in [2.75, 3.05) is 0 Å². The Morgan fingerprint density at radius 3 is 2.08 bits per heavy atom. The Labute approximate surface area is 136 Å². The molecule has 0 radical (unpaired) electrons. The van der Waals surface area contributed by atoms with E-state index >= 15 is 0 Å². The summed E-state index contributed by atoms with van der Waals surface area (Å²) in [5, 5.41) is 4.17. The summed E-state index contributed by atoms with van der Waals surface area (Å²) in [4.78, 5) is 0. The third kappa shape index (κ3) is 2.91. The van der Waals surface area contributed by atoms with Crippen molar-refractivity contribution in [1.82, 2.24) is 9.78 Å². The van der Waals surface area contributed by atoms with Gasteiger partial charge in [0, 0.05) is 17.7 Å². The molecule has 1 aromatic heterocycles. The third-order valence-electron chi connectivity index (χ3n) is 3.70. The zero-order valence-corrected chi connectivity index (χ0v) is 12.8. The first-order chi connectivity index (χ1) is 11.4. The minimum absolute atomic E-state index is 0.0319. The molecule has 2 aromatic carbocycles. The molecule has 6 heteroatoms. The second kappa shape index (κ2) is 6.11. The van der Waals surface area contributed by atoms with Crippen LogP contribution in [0.2, 0.25) is 0 Å². The van der Waals surface area contributed by atoms with Crippen molar-refractivity contribution in [2.24, 2.45) is 0 Å². The smallest absolute Gasteiger partial charge is 0.260 e. The highest BCUT2D eigenvalue weighted by Gasteiger charge is 2.40. The zero-order valence-electron chi connectivity index (χ0n) is 12.8. The van der Waals surface area contributed by atoms with Crippen molar-refractivity contribution < 1.29 is 17.6 Å². The van der Waals surface area contributed by atoms with Crippen molar-refractivity contribution in [3.63, 3.8) is 0 Å². The van der Waals surface area contributed by atoms with Gasteiger partial charge < -0.3 is 0 Å². The molecule has 24 heavy (non-hydrogen) atoms. The molecule has 0 aliphatic rings. The van der Waals surface area contributed by atoms with Crippen molar-refractivity contribution in [3.05, 3.63) is 66.1 Å². The highest BCUT2D eigenvalue weighted by Crippen LogP contribution is 2.42. The van der Waals surface area contributed by atoms with Gasteiger partial charge in [0.1, 0.15) is 11.5 Å². The largest absolute Gasteiger partial charge is 0.433 e. The van der Waals surface area contributed by atoms with Crippen molar-refractivity contribution in [3.8, 4) is 22.4 Å². The van der Waals surface area contributed by atoms with Gasteiger partial charge in [-0.1, -0.05) is 42.5 Å². The SMILES string of the molecule is CCn1nc(-c2ccccc2)c(-c2ccc(F)cc2)c1C(F)(F)F. The van der Waals surface area contributed by atoms with Crippen LogP contribution in [0.15, 0.2) is 54.6 Å². The van der Waals surface area contributed by atoms with Crippen LogP contribution in [0.4, 0.5) is 17.6 Å². The fraction of sp³-hybridized carbons (Fsp3) is 0.167. The summed E-state index contributed by atoms with van der Waals surface area (Å²) in [5.41, 5.74) is 0.235. The average molecular weight is 334 g/mol. The van der Waals surface area contributed by atoms with E-state index in [2.05, 4.69) is 5.10 Å². The molecule has 0 bridgehead atoms. The molecule has 124 valence electrons. The molecule has 1 heterocycles. The molecule has 0 saturated carbocycles. The maximum absolute atomic E-state index is 13.7. The molecular formula is C18H14F4N2. The molecule has 0 aliphatic heterocycles. The number of aryl methyl sites for hydroxylation is 1. The number of hydrogen-bond donors (Lipinski definition) is 0. The topological polar surface area (TPSA) is 17.8 Å². The number of benzene rings is 2. The Bertz CT molecular complexity index is 834. The molecule has 0 amide bonds. The van der Waals surface area contributed by atoms with E-state index in [4.69, 9.17) is 0 Å². The van der Waals surface area contributed by atoms with Gasteiger partial charge in [0.05, 0.1) is 0 Å². The normalized spacial score (nSPS) is 11.7. The fourth-order valence-corrected chi connectivity index (χ4v) is 2.67. The van der Waals surface area contributed by atoms with Gasteiger partial charge in [-0.25, -0.2) is 4.39 Å². The lowest BCUT2D eigenvalue weighted by Crippen LogP contribution is -2.14. The Balaban J connectivity index is 2.34. The van der Waals surface area contributed by atoms with E-state index in [-0.39, 0.29) is 23.4 Å². The lowest BCUT2D eigenvalue weighted by molar-refractivity contribution is -0.143. The van der Waals surface area contributed by atoms with Crippen molar-refractivity contribution in [2.45, 2.75) is 19.6 Å². The molecule has 2 nitrogen and oxygen atoms in total. The molecule has 0 N–H and O–H groups in total. The number of alkyl halides is 3. The third-order valence-corrected chi connectivity index (χ3v) is 3.70. The van der Waals surface area contributed by atoms with Crippen molar-refractivity contribution in [1.29, 1.82) is 0 Å². The first-order valence-electron chi connectivity index (χ1n) is 7.41. The summed E-state index contributed by atoms with van der Waals surface area (Å²) in [6, 6.07) is 13.6. The maximum atomic E-state index is 13.7. The zero-order chi connectivity index (χ0) is 17.3. The number of halogens is 4. The van der Waals surface area contributed by atoms with Crippen LogP contribution >= 0.6 is 0 Å². The monoisotopic (exact) mass is 334 g/mol. The Kier molecular flexibility index (Phi) is 4.13. The lowest BCUT2D eigenvalue weighted by Gasteiger charge is -2.12. The number of aromatic nitrogens is 2. The highest BCUT2D eigenvalue weighted by atomic mass is 19.4. The van der Waals surface area contributed by atoms with Crippen LogP contribution in [-0.4, -0.2) is 9.78 Å². The van der Waals surface area contributed by atoms with E-state index < -0.39 is 17.7 Å². The predicted molar refractivity (Wildman–Crippen MR) is 83.7 cm³/mol. The van der Waals surface area contributed by atoms with Crippen LogP contribution in [0.25, 0.3) is 22.4 Å². The molecule has 0 fully saturated rings. The van der Waals surface area contributed by atoms with E-state index in [1.165, 1.54) is 12.1 Å². The molecule has 3 rings (SSSR count). The summed E-state index contributed by atoms with van der Waals surface area (Å²) in [5.74, 6) is -0.503. The van der Waals surface area contributed by atoms with E-state index in [1.807, 2.05) is 0 Å². The minimum Gasteiger partial charge on any atom is -0.260 e. The molecule has 0 saturated heterocycles. The van der Waals surface area contributed by atoms with Gasteiger partial charge in [-0.3, -0.25) is 4.68 Å². The molecule has 0 unspecified atom stereocenters. The van der Waals surface area contributed by atoms with Crippen LogP contribution < -0.4 is 0 Å². The summed E-state index contributed by atoms with van der Waals surface area (Å²) >= 11 is 0. The quantitative estimate of drug-likeness (QED) is 0.587. The van der Waals surface area contributed by atoms with Crippen LogP contribution in [0.5, 0.6) is 0 Å². The van der Waals surface area contributed by atoms with Gasteiger partial charge in [-0.15, -0.1) is 0 Å². The van der Waals surface area contributed by atoms with Crippen LogP contribution in [0.1, 0.15) is 12.6 Å².